The number of barbiturate groups is 1. The van der Waals surface area contributed by atoms with E-state index in [2.05, 4.69) is 17.0 Å². The number of hydrogen-bond donors (Lipinski definition) is 0. The zero-order valence-electron chi connectivity index (χ0n) is 21.0. The fourth-order valence-electron chi connectivity index (χ4n) is 4.69. The SMILES string of the molecule is Cc1ccc2nc(N3CCN(Cc4ccccc4)CC3)c(C=C3C(=O)N(C)C(=O)N(C)C3=O)c(=O)n2c1. The van der Waals surface area contributed by atoms with E-state index < -0.39 is 17.8 Å². The van der Waals surface area contributed by atoms with Gasteiger partial charge in [0.25, 0.3) is 17.4 Å². The first-order valence-electron chi connectivity index (χ1n) is 12.1. The van der Waals surface area contributed by atoms with E-state index in [1.165, 1.54) is 30.1 Å². The summed E-state index contributed by atoms with van der Waals surface area (Å²) in [6, 6.07) is 13.2. The fourth-order valence-corrected chi connectivity index (χ4v) is 4.69. The van der Waals surface area contributed by atoms with Gasteiger partial charge in [0, 0.05) is 53.0 Å². The van der Waals surface area contributed by atoms with Crippen molar-refractivity contribution in [2.75, 3.05) is 45.2 Å². The molecule has 2 aliphatic heterocycles. The lowest BCUT2D eigenvalue weighted by Gasteiger charge is -2.36. The van der Waals surface area contributed by atoms with Crippen LogP contribution in [0.4, 0.5) is 10.6 Å². The van der Waals surface area contributed by atoms with Gasteiger partial charge < -0.3 is 4.90 Å². The summed E-state index contributed by atoms with van der Waals surface area (Å²) in [4.78, 5) is 62.5. The minimum absolute atomic E-state index is 0.146. The number of benzene rings is 1. The van der Waals surface area contributed by atoms with Crippen LogP contribution in [0.3, 0.4) is 0 Å². The molecule has 0 bridgehead atoms. The number of fused-ring (bicyclic) bond motifs is 1. The molecule has 2 aliphatic rings. The van der Waals surface area contributed by atoms with Gasteiger partial charge in [-0.05, 0) is 30.2 Å². The van der Waals surface area contributed by atoms with E-state index in [1.54, 1.807) is 12.3 Å². The Bertz CT molecular complexity index is 1460. The molecule has 2 saturated heterocycles. The van der Waals surface area contributed by atoms with E-state index >= 15 is 0 Å². The van der Waals surface area contributed by atoms with E-state index in [-0.39, 0.29) is 16.7 Å². The molecule has 3 aromatic rings. The van der Waals surface area contributed by atoms with Gasteiger partial charge in [-0.3, -0.25) is 33.5 Å². The second-order valence-electron chi connectivity index (χ2n) is 9.41. The molecule has 2 fully saturated rings. The maximum absolute atomic E-state index is 13.7. The van der Waals surface area contributed by atoms with Gasteiger partial charge in [0.15, 0.2) is 0 Å². The minimum Gasteiger partial charge on any atom is -0.353 e. The van der Waals surface area contributed by atoms with Crippen LogP contribution >= 0.6 is 0 Å². The predicted molar refractivity (Wildman–Crippen MR) is 139 cm³/mol. The Labute approximate surface area is 214 Å². The van der Waals surface area contributed by atoms with Gasteiger partial charge in [0.1, 0.15) is 17.0 Å². The summed E-state index contributed by atoms with van der Waals surface area (Å²) in [6.45, 7) is 5.46. The molecule has 190 valence electrons. The lowest BCUT2D eigenvalue weighted by molar-refractivity contribution is -0.134. The molecule has 4 amide bonds. The molecule has 5 rings (SSSR count). The van der Waals surface area contributed by atoms with Crippen molar-refractivity contribution in [1.82, 2.24) is 24.1 Å². The monoisotopic (exact) mass is 500 g/mol. The molecule has 1 aromatic carbocycles. The normalized spacial score (nSPS) is 17.2. The molecule has 0 spiro atoms. The zero-order valence-corrected chi connectivity index (χ0v) is 21.0. The van der Waals surface area contributed by atoms with Crippen molar-refractivity contribution in [3.63, 3.8) is 0 Å². The number of pyridine rings is 1. The average Bonchev–Trinajstić information content (AvgIpc) is 2.91. The molecule has 0 unspecified atom stereocenters. The number of carbonyl (C=O) groups excluding carboxylic acids is 3. The average molecular weight is 501 g/mol. The topological polar surface area (TPSA) is 98.5 Å². The standard InChI is InChI=1S/C27H28N6O4/c1-18-9-10-22-28-23(32-13-11-31(12-14-32)17-19-7-5-4-6-8-19)20(26(36)33(22)16-18)15-21-24(34)29(2)27(37)30(3)25(21)35/h4-10,15-16H,11-14,17H2,1-3H3. The van der Waals surface area contributed by atoms with Crippen LogP contribution in [-0.4, -0.2) is 82.2 Å². The van der Waals surface area contributed by atoms with Crippen LogP contribution in [0.5, 0.6) is 0 Å². The van der Waals surface area contributed by atoms with Crippen molar-refractivity contribution in [1.29, 1.82) is 0 Å². The molecule has 0 atom stereocenters. The highest BCUT2D eigenvalue weighted by molar-refractivity contribution is 6.30. The number of hydrogen-bond acceptors (Lipinski definition) is 7. The lowest BCUT2D eigenvalue weighted by Crippen LogP contribution is -2.53. The molecule has 10 heteroatoms. The van der Waals surface area contributed by atoms with Gasteiger partial charge in [-0.1, -0.05) is 36.4 Å². The zero-order chi connectivity index (χ0) is 26.3. The number of likely N-dealkylation sites (N-methyl/N-ethyl adjacent to an activating group) is 2. The van der Waals surface area contributed by atoms with E-state index in [0.717, 1.165) is 35.0 Å². The van der Waals surface area contributed by atoms with Crippen molar-refractivity contribution >= 4 is 35.4 Å². The number of aromatic nitrogens is 2. The van der Waals surface area contributed by atoms with Crippen LogP contribution in [0, 0.1) is 6.92 Å². The van der Waals surface area contributed by atoms with Crippen LogP contribution in [0.25, 0.3) is 11.7 Å². The Hall–Kier alpha value is -4.31. The first kappa shape index (κ1) is 24.4. The quantitative estimate of drug-likeness (QED) is 0.398. The van der Waals surface area contributed by atoms with Crippen molar-refractivity contribution in [2.45, 2.75) is 13.5 Å². The van der Waals surface area contributed by atoms with Crippen molar-refractivity contribution in [3.8, 4) is 0 Å². The molecular formula is C27H28N6O4. The third-order valence-electron chi connectivity index (χ3n) is 6.84. The first-order valence-corrected chi connectivity index (χ1v) is 12.1. The Morgan fingerprint density at radius 1 is 0.865 bits per heavy atom. The van der Waals surface area contributed by atoms with Crippen molar-refractivity contribution in [2.24, 2.45) is 0 Å². The van der Waals surface area contributed by atoms with Crippen LogP contribution in [-0.2, 0) is 16.1 Å². The fraction of sp³-hybridized carbons (Fsp3) is 0.296. The van der Waals surface area contributed by atoms with Gasteiger partial charge in [0.05, 0.1) is 5.56 Å². The van der Waals surface area contributed by atoms with Gasteiger partial charge in [-0.2, -0.15) is 0 Å². The number of nitrogens with zero attached hydrogens (tertiary/aromatic N) is 6. The highest BCUT2D eigenvalue weighted by atomic mass is 16.2. The Morgan fingerprint density at radius 2 is 1.51 bits per heavy atom. The van der Waals surface area contributed by atoms with Crippen LogP contribution < -0.4 is 10.5 Å². The van der Waals surface area contributed by atoms with Gasteiger partial charge in [-0.15, -0.1) is 0 Å². The summed E-state index contributed by atoms with van der Waals surface area (Å²) in [5.41, 5.74) is 2.09. The largest absolute Gasteiger partial charge is 0.353 e. The number of aryl methyl sites for hydroxylation is 1. The summed E-state index contributed by atoms with van der Waals surface area (Å²) in [7, 11) is 2.62. The number of anilines is 1. The van der Waals surface area contributed by atoms with Crippen LogP contribution in [0.15, 0.2) is 59.0 Å². The highest BCUT2D eigenvalue weighted by Gasteiger charge is 2.38. The van der Waals surface area contributed by atoms with Crippen molar-refractivity contribution < 1.29 is 14.4 Å². The number of imide groups is 2. The number of urea groups is 1. The third kappa shape index (κ3) is 4.51. The number of amides is 4. The second kappa shape index (κ2) is 9.62. The lowest BCUT2D eigenvalue weighted by atomic mass is 10.1. The number of carbonyl (C=O) groups is 3. The van der Waals surface area contributed by atoms with E-state index in [1.807, 2.05) is 36.1 Å². The predicted octanol–water partition coefficient (Wildman–Crippen LogP) is 1.76. The Balaban J connectivity index is 1.54. The maximum atomic E-state index is 13.7. The third-order valence-corrected chi connectivity index (χ3v) is 6.84. The highest BCUT2D eigenvalue weighted by Crippen LogP contribution is 2.24. The van der Waals surface area contributed by atoms with Gasteiger partial charge >= 0.3 is 6.03 Å². The Kier molecular flexibility index (Phi) is 6.34. The smallest absolute Gasteiger partial charge is 0.333 e. The van der Waals surface area contributed by atoms with Crippen LogP contribution in [0.2, 0.25) is 0 Å². The molecule has 37 heavy (non-hydrogen) atoms. The molecule has 4 heterocycles. The summed E-state index contributed by atoms with van der Waals surface area (Å²) in [5.74, 6) is -1.08. The molecule has 0 aliphatic carbocycles. The first-order chi connectivity index (χ1) is 17.7. The summed E-state index contributed by atoms with van der Waals surface area (Å²) in [5, 5.41) is 0. The molecule has 0 radical (unpaired) electrons. The molecule has 10 nitrogen and oxygen atoms in total. The second-order valence-corrected chi connectivity index (χ2v) is 9.41. The summed E-state index contributed by atoms with van der Waals surface area (Å²) >= 11 is 0. The minimum atomic E-state index is -0.750. The van der Waals surface area contributed by atoms with E-state index in [0.29, 0.717) is 24.6 Å². The molecule has 0 saturated carbocycles. The Morgan fingerprint density at radius 3 is 2.16 bits per heavy atom. The summed E-state index contributed by atoms with van der Waals surface area (Å²) in [6.07, 6.45) is 2.97. The van der Waals surface area contributed by atoms with Crippen LogP contribution in [0.1, 0.15) is 16.7 Å². The maximum Gasteiger partial charge on any atom is 0.333 e. The van der Waals surface area contributed by atoms with Gasteiger partial charge in [-0.25, -0.2) is 9.78 Å². The van der Waals surface area contributed by atoms with Gasteiger partial charge in [0.2, 0.25) is 0 Å². The molecule has 2 aromatic heterocycles. The van der Waals surface area contributed by atoms with E-state index in [4.69, 9.17) is 4.98 Å². The number of piperazine rings is 1. The molecule has 0 N–H and O–H groups in total. The van der Waals surface area contributed by atoms with E-state index in [9.17, 15) is 19.2 Å². The summed E-state index contributed by atoms with van der Waals surface area (Å²) < 4.78 is 1.42. The van der Waals surface area contributed by atoms with Crippen molar-refractivity contribution in [3.05, 3.63) is 81.3 Å². The molecular weight excluding hydrogens is 472 g/mol. The number of rotatable bonds is 4.